The summed E-state index contributed by atoms with van der Waals surface area (Å²) in [4.78, 5) is 0. The maximum absolute atomic E-state index is 5.24. The first-order valence-electron chi connectivity index (χ1n) is 7.88. The first-order chi connectivity index (χ1) is 9.24. The predicted octanol–water partition coefficient (Wildman–Crippen LogP) is 5.41. The van der Waals surface area contributed by atoms with Crippen LogP contribution in [0.15, 0.2) is 24.3 Å². The average Bonchev–Trinajstić information content (AvgIpc) is 2.45. The smallest absolute Gasteiger partial charge is 0.118 e. The van der Waals surface area contributed by atoms with Gasteiger partial charge in [0.2, 0.25) is 0 Å². The first kappa shape index (κ1) is 14.4. The summed E-state index contributed by atoms with van der Waals surface area (Å²) >= 11 is 0. The lowest BCUT2D eigenvalue weighted by molar-refractivity contribution is 0.233. The molecule has 1 aliphatic rings. The minimum atomic E-state index is 0.754. The van der Waals surface area contributed by atoms with Crippen molar-refractivity contribution in [3.63, 3.8) is 0 Å². The number of hydrogen-bond donors (Lipinski definition) is 0. The fourth-order valence-electron chi connectivity index (χ4n) is 3.61. The van der Waals surface area contributed by atoms with Crippen molar-refractivity contribution >= 4 is 0 Å². The van der Waals surface area contributed by atoms with E-state index in [2.05, 4.69) is 38.1 Å². The van der Waals surface area contributed by atoms with Gasteiger partial charge in [-0.25, -0.2) is 0 Å². The van der Waals surface area contributed by atoms with Crippen molar-refractivity contribution < 1.29 is 4.74 Å². The van der Waals surface area contributed by atoms with Gasteiger partial charge in [-0.1, -0.05) is 45.2 Å². The second-order valence-electron chi connectivity index (χ2n) is 6.18. The van der Waals surface area contributed by atoms with Gasteiger partial charge in [0, 0.05) is 0 Å². The van der Waals surface area contributed by atoms with Crippen molar-refractivity contribution in [2.24, 2.45) is 11.8 Å². The molecule has 3 unspecified atom stereocenters. The zero-order valence-electron chi connectivity index (χ0n) is 12.7. The molecule has 1 saturated carbocycles. The average molecular weight is 260 g/mol. The summed E-state index contributed by atoms with van der Waals surface area (Å²) in [5.74, 6) is 3.52. The van der Waals surface area contributed by atoms with E-state index in [0.29, 0.717) is 0 Å². The van der Waals surface area contributed by atoms with Crippen LogP contribution in [-0.2, 0) is 0 Å². The lowest BCUT2D eigenvalue weighted by Crippen LogP contribution is -2.21. The Labute approximate surface area is 118 Å². The first-order valence-corrected chi connectivity index (χ1v) is 7.88. The van der Waals surface area contributed by atoms with Crippen LogP contribution < -0.4 is 4.74 Å². The fraction of sp³-hybridized carbons (Fsp3) is 0.667. The third kappa shape index (κ3) is 3.75. The molecule has 0 N–H and O–H groups in total. The molecule has 0 radical (unpaired) electrons. The number of benzene rings is 1. The molecule has 0 amide bonds. The highest BCUT2D eigenvalue weighted by molar-refractivity contribution is 5.30. The van der Waals surface area contributed by atoms with Gasteiger partial charge in [-0.2, -0.15) is 0 Å². The zero-order chi connectivity index (χ0) is 13.7. The molecule has 3 atom stereocenters. The van der Waals surface area contributed by atoms with E-state index >= 15 is 0 Å². The molecule has 1 fully saturated rings. The van der Waals surface area contributed by atoms with Crippen LogP contribution in [0.3, 0.4) is 0 Å². The van der Waals surface area contributed by atoms with Crippen molar-refractivity contribution in [1.29, 1.82) is 0 Å². The van der Waals surface area contributed by atoms with E-state index < -0.39 is 0 Å². The molecule has 0 saturated heterocycles. The highest BCUT2D eigenvalue weighted by Crippen LogP contribution is 2.41. The monoisotopic (exact) mass is 260 g/mol. The number of methoxy groups -OCH3 is 1. The van der Waals surface area contributed by atoms with Crippen molar-refractivity contribution in [3.8, 4) is 5.75 Å². The molecule has 106 valence electrons. The molecule has 1 heteroatoms. The Morgan fingerprint density at radius 2 is 1.89 bits per heavy atom. The maximum Gasteiger partial charge on any atom is 0.118 e. The van der Waals surface area contributed by atoms with E-state index in [1.807, 2.05) is 0 Å². The minimum absolute atomic E-state index is 0.754. The van der Waals surface area contributed by atoms with Gasteiger partial charge in [-0.3, -0.25) is 0 Å². The summed E-state index contributed by atoms with van der Waals surface area (Å²) in [7, 11) is 1.73. The molecule has 0 bridgehead atoms. The van der Waals surface area contributed by atoms with Crippen molar-refractivity contribution in [1.82, 2.24) is 0 Å². The van der Waals surface area contributed by atoms with Crippen LogP contribution in [-0.4, -0.2) is 7.11 Å². The molecule has 0 aliphatic heterocycles. The fourth-order valence-corrected chi connectivity index (χ4v) is 3.61. The Balaban J connectivity index is 1.94. The third-order valence-electron chi connectivity index (χ3n) is 4.79. The maximum atomic E-state index is 5.24. The zero-order valence-corrected chi connectivity index (χ0v) is 12.7. The Hall–Kier alpha value is -0.980. The number of ether oxygens (including phenoxy) is 1. The summed E-state index contributed by atoms with van der Waals surface area (Å²) < 4.78 is 5.24. The molecule has 2 rings (SSSR count). The van der Waals surface area contributed by atoms with Crippen molar-refractivity contribution in [2.75, 3.05) is 7.11 Å². The van der Waals surface area contributed by atoms with Crippen LogP contribution in [0.1, 0.15) is 63.9 Å². The molecule has 19 heavy (non-hydrogen) atoms. The van der Waals surface area contributed by atoms with Crippen LogP contribution >= 0.6 is 0 Å². The van der Waals surface area contributed by atoms with E-state index in [1.54, 1.807) is 7.11 Å². The molecule has 1 nitrogen and oxygen atoms in total. The van der Waals surface area contributed by atoms with E-state index in [0.717, 1.165) is 23.5 Å². The molecular weight excluding hydrogens is 232 g/mol. The normalized spacial score (nSPS) is 27.2. The molecular formula is C18H28O. The van der Waals surface area contributed by atoms with Crippen molar-refractivity contribution in [3.05, 3.63) is 29.8 Å². The molecule has 0 heterocycles. The summed E-state index contributed by atoms with van der Waals surface area (Å²) in [5.41, 5.74) is 1.50. The standard InChI is InChI=1S/C18H28O/c1-4-5-6-15-7-12-18(14(2)13-15)16-8-10-17(19-3)11-9-16/h8-11,14-15,18H,4-7,12-13H2,1-3H3. The van der Waals surface area contributed by atoms with Crippen LogP contribution in [0.5, 0.6) is 5.75 Å². The number of hydrogen-bond acceptors (Lipinski definition) is 1. The van der Waals surface area contributed by atoms with Crippen molar-refractivity contribution in [2.45, 2.75) is 58.3 Å². The molecule has 0 aromatic heterocycles. The van der Waals surface area contributed by atoms with Gasteiger partial charge >= 0.3 is 0 Å². The van der Waals surface area contributed by atoms with Gasteiger partial charge in [0.1, 0.15) is 5.75 Å². The van der Waals surface area contributed by atoms with E-state index in [9.17, 15) is 0 Å². The Bertz CT molecular complexity index is 368. The van der Waals surface area contributed by atoms with Crippen LogP contribution in [0, 0.1) is 11.8 Å². The number of unbranched alkanes of at least 4 members (excludes halogenated alkanes) is 1. The second-order valence-corrected chi connectivity index (χ2v) is 6.18. The van der Waals surface area contributed by atoms with Gasteiger partial charge in [-0.15, -0.1) is 0 Å². The lowest BCUT2D eigenvalue weighted by atomic mass is 9.71. The van der Waals surface area contributed by atoms with Crippen LogP contribution in [0.25, 0.3) is 0 Å². The van der Waals surface area contributed by atoms with E-state index in [1.165, 1.54) is 44.1 Å². The highest BCUT2D eigenvalue weighted by Gasteiger charge is 2.28. The predicted molar refractivity (Wildman–Crippen MR) is 81.8 cm³/mol. The molecule has 0 spiro atoms. The Morgan fingerprint density at radius 3 is 2.47 bits per heavy atom. The van der Waals surface area contributed by atoms with Gasteiger partial charge in [0.25, 0.3) is 0 Å². The summed E-state index contributed by atoms with van der Waals surface area (Å²) in [6, 6.07) is 8.72. The SMILES string of the molecule is CCCCC1CCC(c2ccc(OC)cc2)C(C)C1. The topological polar surface area (TPSA) is 9.23 Å². The molecule has 1 aromatic rings. The summed E-state index contributed by atoms with van der Waals surface area (Å²) in [5, 5.41) is 0. The van der Waals surface area contributed by atoms with E-state index in [-0.39, 0.29) is 0 Å². The Morgan fingerprint density at radius 1 is 1.16 bits per heavy atom. The largest absolute Gasteiger partial charge is 0.497 e. The molecule has 1 aliphatic carbocycles. The Kier molecular flexibility index (Phi) is 5.30. The second kappa shape index (κ2) is 6.98. The minimum Gasteiger partial charge on any atom is -0.497 e. The van der Waals surface area contributed by atoms with Gasteiger partial charge < -0.3 is 4.74 Å². The summed E-state index contributed by atoms with van der Waals surface area (Å²) in [6.45, 7) is 4.74. The van der Waals surface area contributed by atoms with E-state index in [4.69, 9.17) is 4.74 Å². The number of rotatable bonds is 5. The van der Waals surface area contributed by atoms with Gasteiger partial charge in [0.15, 0.2) is 0 Å². The van der Waals surface area contributed by atoms with Gasteiger partial charge in [-0.05, 0) is 54.7 Å². The highest BCUT2D eigenvalue weighted by atomic mass is 16.5. The summed E-state index contributed by atoms with van der Waals surface area (Å²) in [6.07, 6.45) is 8.38. The van der Waals surface area contributed by atoms with Crippen LogP contribution in [0.4, 0.5) is 0 Å². The van der Waals surface area contributed by atoms with Gasteiger partial charge in [0.05, 0.1) is 7.11 Å². The molecule has 1 aromatic carbocycles. The van der Waals surface area contributed by atoms with Crippen LogP contribution in [0.2, 0.25) is 0 Å². The lowest BCUT2D eigenvalue weighted by Gasteiger charge is -2.34. The third-order valence-corrected chi connectivity index (χ3v) is 4.79. The quantitative estimate of drug-likeness (QED) is 0.688.